The molecular weight excluding hydrogens is 401 g/mol. The molecule has 0 amide bonds. The maximum Gasteiger partial charge on any atom is 0.433 e. The molecule has 0 spiro atoms. The lowest BCUT2D eigenvalue weighted by Gasteiger charge is -2.08. The number of nitrogens with one attached hydrogen (secondary N) is 2. The van der Waals surface area contributed by atoms with Crippen LogP contribution in [0.3, 0.4) is 0 Å². The van der Waals surface area contributed by atoms with E-state index in [2.05, 4.69) is 25.0 Å². The molecule has 2 atom stereocenters. The monoisotopic (exact) mass is 414 g/mol. The smallest absolute Gasteiger partial charge is 0.313 e. The summed E-state index contributed by atoms with van der Waals surface area (Å²) in [5.74, 6) is -0.0126. The van der Waals surface area contributed by atoms with Crippen molar-refractivity contribution < 1.29 is 13.2 Å². The first-order valence-corrected chi connectivity index (χ1v) is 9.01. The van der Waals surface area contributed by atoms with Gasteiger partial charge >= 0.3 is 11.9 Å². The number of alkyl halides is 3. The van der Waals surface area contributed by atoms with Crippen molar-refractivity contribution in [1.82, 2.24) is 29.5 Å². The number of H-pyrrole nitrogens is 2. The van der Waals surface area contributed by atoms with Crippen LogP contribution in [0.25, 0.3) is 16.9 Å². The van der Waals surface area contributed by atoms with E-state index in [-0.39, 0.29) is 17.4 Å². The molecule has 1 aliphatic rings. The van der Waals surface area contributed by atoms with E-state index in [0.717, 1.165) is 11.6 Å². The third-order valence-electron chi connectivity index (χ3n) is 5.18. The van der Waals surface area contributed by atoms with E-state index < -0.39 is 23.1 Å². The van der Waals surface area contributed by atoms with Crippen LogP contribution in [-0.4, -0.2) is 29.5 Å². The van der Waals surface area contributed by atoms with Gasteiger partial charge in [-0.1, -0.05) is 6.07 Å². The highest BCUT2D eigenvalue weighted by atomic mass is 19.4. The fourth-order valence-electron chi connectivity index (χ4n) is 3.65. The van der Waals surface area contributed by atoms with Gasteiger partial charge in [-0.15, -0.1) is 0 Å². The van der Waals surface area contributed by atoms with Gasteiger partial charge in [0, 0.05) is 30.4 Å². The van der Waals surface area contributed by atoms with Crippen LogP contribution in [0.15, 0.2) is 52.6 Å². The predicted octanol–water partition coefficient (Wildman–Crippen LogP) is 2.46. The Morgan fingerprint density at radius 2 is 1.97 bits per heavy atom. The van der Waals surface area contributed by atoms with E-state index in [0.29, 0.717) is 23.3 Å². The Morgan fingerprint density at radius 1 is 1.13 bits per heavy atom. The fraction of sp³-hybridized carbons (Fsp3) is 0.211. The molecule has 0 radical (unpaired) electrons. The van der Waals surface area contributed by atoms with Crippen molar-refractivity contribution in [2.75, 3.05) is 0 Å². The minimum Gasteiger partial charge on any atom is -0.313 e. The number of nitrogens with zero attached hydrogens (tertiary/aromatic N) is 4. The highest BCUT2D eigenvalue weighted by Crippen LogP contribution is 2.55. The van der Waals surface area contributed by atoms with E-state index in [1.165, 1.54) is 23.0 Å². The summed E-state index contributed by atoms with van der Waals surface area (Å²) in [6.07, 6.45) is 1.99. The molecule has 1 saturated carbocycles. The molecule has 1 fully saturated rings. The van der Waals surface area contributed by atoms with Gasteiger partial charge in [0.25, 0.3) is 5.56 Å². The number of fused-ring (bicyclic) bond motifs is 1. The molecule has 1 aliphatic carbocycles. The second-order valence-electron chi connectivity index (χ2n) is 7.09. The number of rotatable bonds is 3. The van der Waals surface area contributed by atoms with Gasteiger partial charge in [0.05, 0.1) is 11.3 Å². The minimum atomic E-state index is -4.48. The van der Waals surface area contributed by atoms with Crippen molar-refractivity contribution in [3.63, 3.8) is 0 Å². The number of halogens is 3. The van der Waals surface area contributed by atoms with Crippen LogP contribution in [0.1, 0.15) is 35.1 Å². The zero-order chi connectivity index (χ0) is 21.0. The summed E-state index contributed by atoms with van der Waals surface area (Å²) in [5, 5.41) is 4.38. The zero-order valence-electron chi connectivity index (χ0n) is 15.1. The normalized spacial score (nSPS) is 18.6. The molecule has 152 valence electrons. The molecule has 0 unspecified atom stereocenters. The number of pyridine rings is 1. The number of aromatic amines is 2. The van der Waals surface area contributed by atoms with Gasteiger partial charge in [-0.25, -0.2) is 14.3 Å². The van der Waals surface area contributed by atoms with Crippen LogP contribution in [0.5, 0.6) is 0 Å². The molecule has 4 heterocycles. The number of aromatic nitrogens is 6. The summed E-state index contributed by atoms with van der Waals surface area (Å²) in [5.41, 5.74) is 0.553. The largest absolute Gasteiger partial charge is 0.433 e. The van der Waals surface area contributed by atoms with Crippen LogP contribution in [0.4, 0.5) is 13.2 Å². The number of hydrogen-bond acceptors (Lipinski definition) is 5. The first-order valence-electron chi connectivity index (χ1n) is 9.01. The van der Waals surface area contributed by atoms with E-state index in [9.17, 15) is 22.8 Å². The lowest BCUT2D eigenvalue weighted by molar-refractivity contribution is -0.141. The molecule has 5 rings (SSSR count). The molecule has 4 aromatic heterocycles. The average molecular weight is 414 g/mol. The Kier molecular flexibility index (Phi) is 3.88. The molecule has 8 nitrogen and oxygen atoms in total. The molecule has 2 N–H and O–H groups in total. The van der Waals surface area contributed by atoms with Crippen molar-refractivity contribution in [2.45, 2.75) is 24.4 Å². The highest BCUT2D eigenvalue weighted by Gasteiger charge is 2.42. The molecule has 0 saturated heterocycles. The standard InChI is InChI=1S/C19H13F3N6O2/c20-19(21,22)15-2-1-9(7-24-15)10-5-11(10)12-6-14(27-28-4-3-23-16(12)28)13-8-25-18(30)26-17(13)29/h1-4,6-8,10-11H,5H2,(H2,25,26,29,30)/t10-,11+/m1/s1. The van der Waals surface area contributed by atoms with Crippen LogP contribution >= 0.6 is 0 Å². The highest BCUT2D eigenvalue weighted by molar-refractivity contribution is 5.63. The van der Waals surface area contributed by atoms with Gasteiger partial charge in [0.1, 0.15) is 5.69 Å². The zero-order valence-corrected chi connectivity index (χ0v) is 15.1. The molecule has 30 heavy (non-hydrogen) atoms. The quantitative estimate of drug-likeness (QED) is 0.535. The fourth-order valence-corrected chi connectivity index (χ4v) is 3.65. The summed E-state index contributed by atoms with van der Waals surface area (Å²) in [6, 6.07) is 4.15. The lowest BCUT2D eigenvalue weighted by atomic mass is 10.0. The van der Waals surface area contributed by atoms with Gasteiger partial charge in [0.15, 0.2) is 5.65 Å². The maximum absolute atomic E-state index is 12.7. The topological polar surface area (TPSA) is 109 Å². The summed E-state index contributed by atoms with van der Waals surface area (Å²) in [6.45, 7) is 0. The summed E-state index contributed by atoms with van der Waals surface area (Å²) in [7, 11) is 0. The van der Waals surface area contributed by atoms with E-state index in [1.807, 2.05) is 0 Å². The molecule has 0 bridgehead atoms. The molecule has 0 aliphatic heterocycles. The Labute approximate surface area is 165 Å². The van der Waals surface area contributed by atoms with Crippen LogP contribution < -0.4 is 11.2 Å². The van der Waals surface area contributed by atoms with Gasteiger partial charge in [0.2, 0.25) is 0 Å². The SMILES string of the molecule is O=c1[nH]cc(-c2cc([C@H]3C[C@@H]3c3ccc(C(F)(F)F)nc3)c3nccn3n2)c(=O)[nH]1. The Bertz CT molecular complexity index is 1370. The predicted molar refractivity (Wildman–Crippen MR) is 99.0 cm³/mol. The van der Waals surface area contributed by atoms with Crippen LogP contribution in [0, 0.1) is 0 Å². The summed E-state index contributed by atoms with van der Waals surface area (Å²) < 4.78 is 39.8. The van der Waals surface area contributed by atoms with Crippen molar-refractivity contribution in [2.24, 2.45) is 0 Å². The van der Waals surface area contributed by atoms with Crippen LogP contribution in [-0.2, 0) is 6.18 Å². The van der Waals surface area contributed by atoms with Gasteiger partial charge < -0.3 is 4.98 Å². The third kappa shape index (κ3) is 3.08. The van der Waals surface area contributed by atoms with Gasteiger partial charge in [-0.2, -0.15) is 18.3 Å². The maximum atomic E-state index is 12.7. The number of imidazole rings is 1. The Balaban J connectivity index is 1.53. The van der Waals surface area contributed by atoms with E-state index in [1.54, 1.807) is 18.5 Å². The van der Waals surface area contributed by atoms with Crippen molar-refractivity contribution >= 4 is 5.65 Å². The molecule has 4 aromatic rings. The Morgan fingerprint density at radius 3 is 2.67 bits per heavy atom. The third-order valence-corrected chi connectivity index (χ3v) is 5.18. The van der Waals surface area contributed by atoms with E-state index in [4.69, 9.17) is 0 Å². The summed E-state index contributed by atoms with van der Waals surface area (Å²) in [4.78, 5) is 35.9. The molecule has 0 aromatic carbocycles. The van der Waals surface area contributed by atoms with Gasteiger partial charge in [-0.3, -0.25) is 14.8 Å². The molecular formula is C19H13F3N6O2. The number of hydrogen-bond donors (Lipinski definition) is 2. The lowest BCUT2D eigenvalue weighted by Crippen LogP contribution is -2.23. The van der Waals surface area contributed by atoms with Crippen molar-refractivity contribution in [3.8, 4) is 11.3 Å². The van der Waals surface area contributed by atoms with Crippen molar-refractivity contribution in [1.29, 1.82) is 0 Å². The first-order chi connectivity index (χ1) is 14.3. The Hall–Kier alpha value is -3.76. The van der Waals surface area contributed by atoms with Gasteiger partial charge in [-0.05, 0) is 36.0 Å². The van der Waals surface area contributed by atoms with Crippen molar-refractivity contribution in [3.05, 3.63) is 80.6 Å². The molecule has 11 heteroatoms. The average Bonchev–Trinajstić information content (AvgIpc) is 3.35. The van der Waals surface area contributed by atoms with E-state index >= 15 is 0 Å². The second-order valence-corrected chi connectivity index (χ2v) is 7.09. The van der Waals surface area contributed by atoms with Crippen LogP contribution in [0.2, 0.25) is 0 Å². The second kappa shape index (κ2) is 6.37. The minimum absolute atomic E-state index is 0.00275. The summed E-state index contributed by atoms with van der Waals surface area (Å²) >= 11 is 0. The first kappa shape index (κ1) is 18.3.